The number of thiocarbonyl (C=S) groups is 1. The van der Waals surface area contributed by atoms with Gasteiger partial charge in [0.25, 0.3) is 5.91 Å². The fraction of sp³-hybridized carbons (Fsp3) is 0.345. The van der Waals surface area contributed by atoms with Crippen LogP contribution in [0.2, 0.25) is 0 Å². The number of fused-ring (bicyclic) bond motifs is 1. The van der Waals surface area contributed by atoms with E-state index >= 15 is 0 Å². The van der Waals surface area contributed by atoms with Gasteiger partial charge in [-0.2, -0.15) is 0 Å². The van der Waals surface area contributed by atoms with Gasteiger partial charge in [0, 0.05) is 25.6 Å². The molecule has 0 radical (unpaired) electrons. The number of allylic oxidation sites excluding steroid dienone is 2. The van der Waals surface area contributed by atoms with Crippen molar-refractivity contribution in [1.82, 2.24) is 4.90 Å². The largest absolute Gasteiger partial charge is 0.463 e. The number of ether oxygens (including phenoxy) is 2. The Morgan fingerprint density at radius 1 is 1.05 bits per heavy atom. The number of benzene rings is 2. The summed E-state index contributed by atoms with van der Waals surface area (Å²) >= 11 is 6.77. The lowest BCUT2D eigenvalue weighted by Crippen LogP contribution is -2.29. The Hall–Kier alpha value is -3.10. The number of rotatable bonds is 10. The van der Waals surface area contributed by atoms with Crippen LogP contribution in [0.3, 0.4) is 0 Å². The first kappa shape index (κ1) is 26.9. The van der Waals surface area contributed by atoms with Gasteiger partial charge in [-0.15, -0.1) is 0 Å². The molecule has 0 saturated carbocycles. The summed E-state index contributed by atoms with van der Waals surface area (Å²) in [6.07, 6.45) is 6.29. The maximum atomic E-state index is 13.0. The van der Waals surface area contributed by atoms with Crippen molar-refractivity contribution < 1.29 is 19.1 Å². The number of carbonyl (C=O) groups excluding carboxylic acids is 2. The minimum Gasteiger partial charge on any atom is -0.463 e. The number of esters is 1. The number of thioether (sulfide) groups is 1. The molecule has 2 aliphatic rings. The predicted octanol–water partition coefficient (Wildman–Crippen LogP) is 6.67. The summed E-state index contributed by atoms with van der Waals surface area (Å²) < 4.78 is 11.8. The number of anilines is 1. The van der Waals surface area contributed by atoms with E-state index in [1.165, 1.54) is 11.8 Å². The van der Waals surface area contributed by atoms with E-state index < -0.39 is 0 Å². The van der Waals surface area contributed by atoms with E-state index in [1.54, 1.807) is 11.0 Å². The van der Waals surface area contributed by atoms with Crippen LogP contribution in [0, 0.1) is 0 Å². The molecule has 2 aliphatic heterocycles. The molecular formula is C29H32N2O4S2. The van der Waals surface area contributed by atoms with E-state index in [9.17, 15) is 9.59 Å². The van der Waals surface area contributed by atoms with Crippen LogP contribution in [0.4, 0.5) is 5.69 Å². The van der Waals surface area contributed by atoms with Gasteiger partial charge in [0.2, 0.25) is 5.88 Å². The summed E-state index contributed by atoms with van der Waals surface area (Å²) in [7, 11) is 0. The summed E-state index contributed by atoms with van der Waals surface area (Å²) in [5, 5.41) is 0. The summed E-state index contributed by atoms with van der Waals surface area (Å²) in [6, 6.07) is 16.4. The summed E-state index contributed by atoms with van der Waals surface area (Å²) in [5.74, 6) is 1.22. The van der Waals surface area contributed by atoms with Gasteiger partial charge in [0.05, 0.1) is 16.7 Å². The lowest BCUT2D eigenvalue weighted by atomic mass is 10.0. The molecule has 0 unspecified atom stereocenters. The maximum absolute atomic E-state index is 13.0. The summed E-state index contributed by atoms with van der Waals surface area (Å²) in [4.78, 5) is 29.0. The molecule has 0 N–H and O–H groups in total. The fourth-order valence-corrected chi connectivity index (χ4v) is 5.50. The first-order chi connectivity index (χ1) is 17.9. The van der Waals surface area contributed by atoms with Gasteiger partial charge in [-0.05, 0) is 62.9 Å². The van der Waals surface area contributed by atoms with Crippen molar-refractivity contribution in [2.75, 3.05) is 18.0 Å². The molecule has 2 aromatic carbocycles. The van der Waals surface area contributed by atoms with Crippen LogP contribution >= 0.6 is 24.0 Å². The number of hydrogen-bond donors (Lipinski definition) is 0. The molecule has 0 spiro atoms. The van der Waals surface area contributed by atoms with Crippen molar-refractivity contribution >= 4 is 45.9 Å². The first-order valence-corrected chi connectivity index (χ1v) is 13.9. The highest BCUT2D eigenvalue weighted by molar-refractivity contribution is 8.26. The molecular weight excluding hydrogens is 504 g/mol. The lowest BCUT2D eigenvalue weighted by Gasteiger charge is -2.16. The zero-order valence-corrected chi connectivity index (χ0v) is 23.1. The van der Waals surface area contributed by atoms with Crippen LogP contribution in [0.5, 0.6) is 5.75 Å². The van der Waals surface area contributed by atoms with Crippen LogP contribution < -0.4 is 9.64 Å². The highest BCUT2D eigenvalue weighted by Crippen LogP contribution is 2.41. The standard InChI is InChI=1S/C29H32N2O4S2/c1-4-30-23-19-22(21-11-7-5-8-12-21)14-15-24(23)35-26(30)17-16-25-28(33)31(29(36)37-25)18-10-6-9-13-27(32)34-20(2)3/h5,7-8,11-12,14-17,19-20H,4,6,9-10,13,18H2,1-3H3/b25-16-,26-17+. The summed E-state index contributed by atoms with van der Waals surface area (Å²) in [5.41, 5.74) is 3.28. The Labute approximate surface area is 228 Å². The Kier molecular flexibility index (Phi) is 9.05. The van der Waals surface area contributed by atoms with Gasteiger partial charge >= 0.3 is 5.97 Å². The topological polar surface area (TPSA) is 59.1 Å². The first-order valence-electron chi connectivity index (χ1n) is 12.7. The van der Waals surface area contributed by atoms with Crippen molar-refractivity contribution in [3.63, 3.8) is 0 Å². The van der Waals surface area contributed by atoms with Gasteiger partial charge in [-0.25, -0.2) is 0 Å². The van der Waals surface area contributed by atoms with E-state index in [2.05, 4.69) is 36.1 Å². The van der Waals surface area contributed by atoms with Crippen molar-refractivity contribution in [3.05, 3.63) is 71.5 Å². The average Bonchev–Trinajstić information content (AvgIpc) is 3.37. The number of amides is 1. The van der Waals surface area contributed by atoms with Crippen molar-refractivity contribution in [1.29, 1.82) is 0 Å². The second kappa shape index (κ2) is 12.4. The molecule has 194 valence electrons. The SMILES string of the molecule is CCN1/C(=C\C=C2/SC(=S)N(CCCCCC(=O)OC(C)C)C2=O)Oc2ccc(-c3ccccc3)cc21. The summed E-state index contributed by atoms with van der Waals surface area (Å²) in [6.45, 7) is 7.04. The monoisotopic (exact) mass is 536 g/mol. The molecule has 2 heterocycles. The second-order valence-corrected chi connectivity index (χ2v) is 10.8. The molecule has 1 saturated heterocycles. The zero-order chi connectivity index (χ0) is 26.4. The van der Waals surface area contributed by atoms with Crippen LogP contribution in [0.1, 0.15) is 46.5 Å². The number of carbonyl (C=O) groups is 2. The lowest BCUT2D eigenvalue weighted by molar-refractivity contribution is -0.147. The smallest absolute Gasteiger partial charge is 0.306 e. The number of hydrogen-bond acceptors (Lipinski definition) is 7. The van der Waals surface area contributed by atoms with Gasteiger partial charge in [-0.1, -0.05) is 66.8 Å². The molecule has 37 heavy (non-hydrogen) atoms. The van der Waals surface area contributed by atoms with E-state index in [4.69, 9.17) is 21.7 Å². The van der Waals surface area contributed by atoms with Gasteiger partial charge < -0.3 is 14.4 Å². The van der Waals surface area contributed by atoms with Gasteiger partial charge in [0.15, 0.2) is 5.75 Å². The molecule has 6 nitrogen and oxygen atoms in total. The Bertz CT molecular complexity index is 1220. The molecule has 8 heteroatoms. The molecule has 1 fully saturated rings. The van der Waals surface area contributed by atoms with E-state index in [-0.39, 0.29) is 18.0 Å². The van der Waals surface area contributed by atoms with Crippen molar-refractivity contribution in [2.45, 2.75) is 52.6 Å². The van der Waals surface area contributed by atoms with E-state index in [0.717, 1.165) is 48.4 Å². The number of unbranched alkanes of at least 4 members (excludes halogenated alkanes) is 2. The fourth-order valence-electron chi connectivity index (χ4n) is 4.25. The predicted molar refractivity (Wildman–Crippen MR) is 153 cm³/mol. The van der Waals surface area contributed by atoms with E-state index in [1.807, 2.05) is 44.2 Å². The maximum Gasteiger partial charge on any atom is 0.306 e. The molecule has 2 aromatic rings. The Morgan fingerprint density at radius 3 is 2.57 bits per heavy atom. The van der Waals surface area contributed by atoms with Crippen LogP contribution in [-0.2, 0) is 14.3 Å². The van der Waals surface area contributed by atoms with Gasteiger partial charge in [0.1, 0.15) is 4.32 Å². The third-order valence-electron chi connectivity index (χ3n) is 6.03. The molecule has 0 aromatic heterocycles. The highest BCUT2D eigenvalue weighted by atomic mass is 32.2. The van der Waals surface area contributed by atoms with Gasteiger partial charge in [-0.3, -0.25) is 14.5 Å². The third-order valence-corrected chi connectivity index (χ3v) is 7.43. The van der Waals surface area contributed by atoms with E-state index in [0.29, 0.717) is 28.1 Å². The minimum absolute atomic E-state index is 0.0870. The Balaban J connectivity index is 1.37. The highest BCUT2D eigenvalue weighted by Gasteiger charge is 2.32. The van der Waals surface area contributed by atoms with Crippen molar-refractivity contribution in [3.8, 4) is 16.9 Å². The van der Waals surface area contributed by atoms with Crippen LogP contribution in [0.25, 0.3) is 11.1 Å². The molecule has 4 rings (SSSR count). The minimum atomic E-state index is -0.176. The average molecular weight is 537 g/mol. The molecule has 1 amide bonds. The third kappa shape index (κ3) is 6.62. The normalized spacial score (nSPS) is 17.2. The Morgan fingerprint density at radius 2 is 1.84 bits per heavy atom. The zero-order valence-electron chi connectivity index (χ0n) is 21.4. The van der Waals surface area contributed by atoms with Crippen LogP contribution in [0.15, 0.2) is 71.5 Å². The number of nitrogens with zero attached hydrogens (tertiary/aromatic N) is 2. The molecule has 0 atom stereocenters. The second-order valence-electron chi connectivity index (χ2n) is 9.10. The quantitative estimate of drug-likeness (QED) is 0.145. The van der Waals surface area contributed by atoms with Crippen molar-refractivity contribution in [2.24, 2.45) is 0 Å². The molecule has 0 aliphatic carbocycles. The molecule has 0 bridgehead atoms. The van der Waals surface area contributed by atoms with Crippen LogP contribution in [-0.4, -0.2) is 40.3 Å².